The van der Waals surface area contributed by atoms with E-state index >= 15 is 0 Å². The van der Waals surface area contributed by atoms with Crippen molar-refractivity contribution in [2.24, 2.45) is 4.99 Å². The predicted octanol–water partition coefficient (Wildman–Crippen LogP) is 2.09. The Morgan fingerprint density at radius 3 is 2.77 bits per heavy atom. The van der Waals surface area contributed by atoms with Crippen molar-refractivity contribution in [3.8, 4) is 5.75 Å². The molecule has 0 amide bonds. The molecule has 0 bridgehead atoms. The number of nitrogens with one attached hydrogen (secondary N) is 2. The summed E-state index contributed by atoms with van der Waals surface area (Å²) in [4.78, 5) is 4.40. The summed E-state index contributed by atoms with van der Waals surface area (Å²) in [5.74, 6) is 1.50. The first-order valence-electron chi connectivity index (χ1n) is 7.97. The summed E-state index contributed by atoms with van der Waals surface area (Å²) in [5, 5.41) is 16.5. The number of nitrogens with zero attached hydrogens (tertiary/aromatic N) is 1. The fourth-order valence-corrected chi connectivity index (χ4v) is 1.80. The topological polar surface area (TPSA) is 65.9 Å². The second-order valence-corrected chi connectivity index (χ2v) is 5.45. The number of guanidine groups is 1. The van der Waals surface area contributed by atoms with Crippen molar-refractivity contribution >= 4 is 5.96 Å². The Bertz CT molecular complexity index is 463. The fourth-order valence-electron chi connectivity index (χ4n) is 1.80. The molecule has 2 atom stereocenters. The Morgan fingerprint density at radius 1 is 1.36 bits per heavy atom. The lowest BCUT2D eigenvalue weighted by Gasteiger charge is -2.17. The normalized spacial score (nSPS) is 14.3. The maximum atomic E-state index is 10.0. The van der Waals surface area contributed by atoms with Crippen molar-refractivity contribution in [1.29, 1.82) is 0 Å². The van der Waals surface area contributed by atoms with Crippen LogP contribution in [0.15, 0.2) is 29.3 Å². The smallest absolute Gasteiger partial charge is 0.191 e. The molecule has 0 aliphatic carbocycles. The van der Waals surface area contributed by atoms with Crippen LogP contribution < -0.4 is 15.4 Å². The lowest BCUT2D eigenvalue weighted by Crippen LogP contribution is -2.42. The van der Waals surface area contributed by atoms with Gasteiger partial charge < -0.3 is 20.5 Å². The minimum Gasteiger partial charge on any atom is -0.491 e. The molecule has 1 aromatic rings. The minimum atomic E-state index is -0.632. The largest absolute Gasteiger partial charge is 0.491 e. The van der Waals surface area contributed by atoms with Gasteiger partial charge in [0, 0.05) is 12.6 Å². The fraction of sp³-hybridized carbons (Fsp3) is 0.588. The van der Waals surface area contributed by atoms with Crippen molar-refractivity contribution in [2.75, 3.05) is 19.7 Å². The molecule has 22 heavy (non-hydrogen) atoms. The molecule has 124 valence electrons. The summed E-state index contributed by atoms with van der Waals surface area (Å²) in [6, 6.07) is 8.13. The van der Waals surface area contributed by atoms with Crippen LogP contribution in [0.25, 0.3) is 0 Å². The first-order valence-corrected chi connectivity index (χ1v) is 7.97. The molecule has 0 spiro atoms. The van der Waals surface area contributed by atoms with Crippen LogP contribution in [0.4, 0.5) is 0 Å². The van der Waals surface area contributed by atoms with Gasteiger partial charge >= 0.3 is 0 Å². The first kappa shape index (κ1) is 18.3. The van der Waals surface area contributed by atoms with Crippen molar-refractivity contribution < 1.29 is 9.84 Å². The zero-order valence-corrected chi connectivity index (χ0v) is 14.1. The van der Waals surface area contributed by atoms with E-state index in [1.54, 1.807) is 0 Å². The number of aliphatic hydroxyl groups is 1. The molecule has 5 nitrogen and oxygen atoms in total. The van der Waals surface area contributed by atoms with Crippen LogP contribution in [-0.2, 0) is 0 Å². The summed E-state index contributed by atoms with van der Waals surface area (Å²) in [6.45, 7) is 9.57. The van der Waals surface area contributed by atoms with E-state index in [1.165, 1.54) is 0 Å². The number of aliphatic imine (C=N–C) groups is 1. The molecule has 1 aromatic carbocycles. The van der Waals surface area contributed by atoms with Crippen molar-refractivity contribution in [3.05, 3.63) is 29.8 Å². The zero-order chi connectivity index (χ0) is 16.4. The van der Waals surface area contributed by atoms with E-state index in [4.69, 9.17) is 4.74 Å². The highest BCUT2D eigenvalue weighted by molar-refractivity contribution is 5.80. The van der Waals surface area contributed by atoms with Gasteiger partial charge in [0.05, 0.1) is 6.54 Å². The van der Waals surface area contributed by atoms with Crippen LogP contribution in [0.2, 0.25) is 0 Å². The summed E-state index contributed by atoms with van der Waals surface area (Å²) < 4.78 is 5.58. The number of hydrogen-bond donors (Lipinski definition) is 3. The highest BCUT2D eigenvalue weighted by Crippen LogP contribution is 2.12. The second-order valence-electron chi connectivity index (χ2n) is 5.45. The highest BCUT2D eigenvalue weighted by Gasteiger charge is 2.07. The summed E-state index contributed by atoms with van der Waals surface area (Å²) in [7, 11) is 0. The number of ether oxygens (including phenoxy) is 1. The van der Waals surface area contributed by atoms with E-state index < -0.39 is 6.10 Å². The van der Waals surface area contributed by atoms with Gasteiger partial charge in [-0.2, -0.15) is 0 Å². The molecule has 0 radical (unpaired) electrons. The molecule has 3 N–H and O–H groups in total. The van der Waals surface area contributed by atoms with E-state index in [2.05, 4.69) is 29.5 Å². The average Bonchev–Trinajstić information content (AvgIpc) is 2.50. The van der Waals surface area contributed by atoms with Crippen LogP contribution in [0.1, 0.15) is 32.8 Å². The number of aliphatic hydroxyl groups excluding tert-OH is 1. The number of rotatable bonds is 8. The highest BCUT2D eigenvalue weighted by atomic mass is 16.5. The molecule has 0 fully saturated rings. The van der Waals surface area contributed by atoms with Gasteiger partial charge in [0.1, 0.15) is 18.5 Å². The van der Waals surface area contributed by atoms with Crippen LogP contribution in [0.3, 0.4) is 0 Å². The molecule has 2 unspecified atom stereocenters. The van der Waals surface area contributed by atoms with Crippen LogP contribution >= 0.6 is 0 Å². The van der Waals surface area contributed by atoms with Gasteiger partial charge in [0.15, 0.2) is 5.96 Å². The minimum absolute atomic E-state index is 0.232. The van der Waals surface area contributed by atoms with Gasteiger partial charge in [-0.05, 0) is 44.9 Å². The predicted molar refractivity (Wildman–Crippen MR) is 91.5 cm³/mol. The van der Waals surface area contributed by atoms with Crippen molar-refractivity contribution in [1.82, 2.24) is 10.6 Å². The molecule has 0 aliphatic rings. The standard InChI is InChI=1S/C17H29N3O2/c1-5-14(4)20-17(18-6-2)19-11-15(21)12-22-16-9-7-8-13(3)10-16/h7-10,14-15,21H,5-6,11-12H2,1-4H3,(H2,18,19,20). The first-order chi connectivity index (χ1) is 10.5. The quantitative estimate of drug-likeness (QED) is 0.508. The lowest BCUT2D eigenvalue weighted by molar-refractivity contribution is 0.114. The Kier molecular flexibility index (Phi) is 8.36. The molecule has 0 saturated carbocycles. The van der Waals surface area contributed by atoms with E-state index in [0.29, 0.717) is 12.6 Å². The Morgan fingerprint density at radius 2 is 2.14 bits per heavy atom. The molecule has 5 heteroatoms. The molecule has 0 heterocycles. The number of aryl methyl sites for hydroxylation is 1. The molecule has 0 aliphatic heterocycles. The van der Waals surface area contributed by atoms with Gasteiger partial charge in [0.2, 0.25) is 0 Å². The van der Waals surface area contributed by atoms with E-state index in [-0.39, 0.29) is 6.61 Å². The maximum Gasteiger partial charge on any atom is 0.191 e. The third-order valence-corrected chi connectivity index (χ3v) is 3.23. The van der Waals surface area contributed by atoms with Gasteiger partial charge in [-0.1, -0.05) is 19.1 Å². The van der Waals surface area contributed by atoms with Gasteiger partial charge in [-0.15, -0.1) is 0 Å². The SMILES string of the molecule is CCNC(=NCC(O)COc1cccc(C)c1)NC(C)CC. The Labute approximate surface area is 133 Å². The van der Waals surface area contributed by atoms with Crippen LogP contribution in [0, 0.1) is 6.92 Å². The Balaban J connectivity index is 2.44. The second kappa shape index (κ2) is 10.1. The summed E-state index contributed by atoms with van der Waals surface area (Å²) >= 11 is 0. The van der Waals surface area contributed by atoms with E-state index in [9.17, 15) is 5.11 Å². The summed E-state index contributed by atoms with van der Waals surface area (Å²) in [6.07, 6.45) is 0.386. The molecule has 0 saturated heterocycles. The van der Waals surface area contributed by atoms with Gasteiger partial charge in [0.25, 0.3) is 0 Å². The molecule has 0 aromatic heterocycles. The van der Waals surface area contributed by atoms with Gasteiger partial charge in [-0.25, -0.2) is 0 Å². The zero-order valence-electron chi connectivity index (χ0n) is 14.1. The number of benzene rings is 1. The monoisotopic (exact) mass is 307 g/mol. The molecular formula is C17H29N3O2. The van der Waals surface area contributed by atoms with E-state index in [0.717, 1.165) is 30.2 Å². The molecular weight excluding hydrogens is 278 g/mol. The average molecular weight is 307 g/mol. The van der Waals surface area contributed by atoms with Crippen molar-refractivity contribution in [3.63, 3.8) is 0 Å². The Hall–Kier alpha value is -1.75. The molecule has 1 rings (SSSR count). The van der Waals surface area contributed by atoms with E-state index in [1.807, 2.05) is 38.1 Å². The third kappa shape index (κ3) is 7.31. The lowest BCUT2D eigenvalue weighted by atomic mass is 10.2. The van der Waals surface area contributed by atoms with Gasteiger partial charge in [-0.3, -0.25) is 4.99 Å². The van der Waals surface area contributed by atoms with Crippen molar-refractivity contribution in [2.45, 2.75) is 46.3 Å². The maximum absolute atomic E-state index is 10.0. The third-order valence-electron chi connectivity index (χ3n) is 3.23. The summed E-state index contributed by atoms with van der Waals surface area (Å²) in [5.41, 5.74) is 1.14. The van der Waals surface area contributed by atoms with Crippen LogP contribution in [0.5, 0.6) is 5.75 Å². The number of hydrogen-bond acceptors (Lipinski definition) is 3. The van der Waals surface area contributed by atoms with Crippen LogP contribution in [-0.4, -0.2) is 42.9 Å².